The first-order valence-electron chi connectivity index (χ1n) is 5.15. The van der Waals surface area contributed by atoms with Crippen LogP contribution < -0.4 is 0 Å². The van der Waals surface area contributed by atoms with Crippen LogP contribution in [0.5, 0.6) is 0 Å². The molecular formula is C13H14ClN. The molecule has 0 saturated heterocycles. The van der Waals surface area contributed by atoms with E-state index in [0.29, 0.717) is 5.92 Å². The van der Waals surface area contributed by atoms with Gasteiger partial charge in [-0.25, -0.2) is 0 Å². The molecule has 0 atom stereocenters. The van der Waals surface area contributed by atoms with Crippen molar-refractivity contribution in [2.24, 2.45) is 0 Å². The van der Waals surface area contributed by atoms with Gasteiger partial charge in [-0.15, -0.1) is 0 Å². The molecule has 0 spiro atoms. The predicted octanol–water partition coefficient (Wildman–Crippen LogP) is 4.32. The third-order valence-electron chi connectivity index (χ3n) is 2.71. The lowest BCUT2D eigenvalue weighted by molar-refractivity contribution is 0.875. The quantitative estimate of drug-likeness (QED) is 0.696. The second kappa shape index (κ2) is 3.82. The lowest BCUT2D eigenvalue weighted by Crippen LogP contribution is -1.93. The summed E-state index contributed by atoms with van der Waals surface area (Å²) in [4.78, 5) is 4.35. The molecule has 2 heteroatoms. The van der Waals surface area contributed by atoms with Crippen molar-refractivity contribution in [1.29, 1.82) is 0 Å². The van der Waals surface area contributed by atoms with Gasteiger partial charge in [-0.05, 0) is 36.1 Å². The second-order valence-electron chi connectivity index (χ2n) is 4.14. The number of aromatic nitrogens is 1. The Kier molecular flexibility index (Phi) is 2.66. The summed E-state index contributed by atoms with van der Waals surface area (Å²) in [6, 6.07) is 6.07. The first-order chi connectivity index (χ1) is 7.11. The molecule has 0 N–H and O–H groups in total. The third-order valence-corrected chi connectivity index (χ3v) is 3.01. The number of rotatable bonds is 1. The standard InChI is InChI=1S/C13H14ClN/c1-8(2)10-4-5-11(14)13-12(10)9(3)6-7-15-13/h4-8H,1-3H3. The Balaban J connectivity index is 2.90. The summed E-state index contributed by atoms with van der Waals surface area (Å²) in [5.74, 6) is 0.493. The lowest BCUT2D eigenvalue weighted by Gasteiger charge is -2.12. The summed E-state index contributed by atoms with van der Waals surface area (Å²) in [7, 11) is 0. The fraction of sp³-hybridized carbons (Fsp3) is 0.308. The largest absolute Gasteiger partial charge is 0.255 e. The van der Waals surface area contributed by atoms with Crippen LogP contribution in [0.1, 0.15) is 30.9 Å². The number of hydrogen-bond donors (Lipinski definition) is 0. The Hall–Kier alpha value is -1.08. The summed E-state index contributed by atoms with van der Waals surface area (Å²) < 4.78 is 0. The Morgan fingerprint density at radius 1 is 1.20 bits per heavy atom. The highest BCUT2D eigenvalue weighted by Gasteiger charge is 2.10. The van der Waals surface area contributed by atoms with Gasteiger partial charge in [0.15, 0.2) is 0 Å². The molecule has 1 nitrogen and oxygen atoms in total. The van der Waals surface area contributed by atoms with Crippen LogP contribution in [0.3, 0.4) is 0 Å². The zero-order valence-corrected chi connectivity index (χ0v) is 9.97. The highest BCUT2D eigenvalue weighted by molar-refractivity contribution is 6.35. The van der Waals surface area contributed by atoms with Crippen molar-refractivity contribution in [3.05, 3.63) is 40.5 Å². The van der Waals surface area contributed by atoms with Crippen molar-refractivity contribution in [3.8, 4) is 0 Å². The normalized spacial score (nSPS) is 11.3. The van der Waals surface area contributed by atoms with Gasteiger partial charge in [-0.2, -0.15) is 0 Å². The molecule has 0 aliphatic rings. The number of hydrogen-bond acceptors (Lipinski definition) is 1. The predicted molar refractivity (Wildman–Crippen MR) is 65.6 cm³/mol. The summed E-state index contributed by atoms with van der Waals surface area (Å²) in [5.41, 5.74) is 3.48. The molecule has 2 rings (SSSR count). The van der Waals surface area contributed by atoms with E-state index in [1.165, 1.54) is 16.5 Å². The average molecular weight is 220 g/mol. The summed E-state index contributed by atoms with van der Waals surface area (Å²) in [6.07, 6.45) is 1.81. The molecule has 15 heavy (non-hydrogen) atoms. The van der Waals surface area contributed by atoms with E-state index in [1.54, 1.807) is 0 Å². The Labute approximate surface area is 95.1 Å². The van der Waals surface area contributed by atoms with Crippen LogP contribution in [-0.4, -0.2) is 4.98 Å². The van der Waals surface area contributed by atoms with Crippen molar-refractivity contribution in [3.63, 3.8) is 0 Å². The Bertz CT molecular complexity index is 503. The molecule has 0 radical (unpaired) electrons. The monoisotopic (exact) mass is 219 g/mol. The van der Waals surface area contributed by atoms with Gasteiger partial charge in [-0.3, -0.25) is 4.98 Å². The number of pyridine rings is 1. The van der Waals surface area contributed by atoms with E-state index in [2.05, 4.69) is 31.8 Å². The first-order valence-corrected chi connectivity index (χ1v) is 5.52. The molecule has 78 valence electrons. The van der Waals surface area contributed by atoms with Crippen LogP contribution in [0.4, 0.5) is 0 Å². The van der Waals surface area contributed by atoms with Crippen molar-refractivity contribution in [2.45, 2.75) is 26.7 Å². The van der Waals surface area contributed by atoms with Gasteiger partial charge in [0.05, 0.1) is 10.5 Å². The molecule has 1 aromatic heterocycles. The molecule has 1 aromatic carbocycles. The van der Waals surface area contributed by atoms with Crippen LogP contribution in [-0.2, 0) is 0 Å². The van der Waals surface area contributed by atoms with E-state index in [4.69, 9.17) is 11.6 Å². The average Bonchev–Trinajstić information content (AvgIpc) is 2.19. The zero-order valence-electron chi connectivity index (χ0n) is 9.21. The SMILES string of the molecule is Cc1ccnc2c(Cl)ccc(C(C)C)c12. The van der Waals surface area contributed by atoms with Gasteiger partial charge in [0.2, 0.25) is 0 Å². The minimum Gasteiger partial charge on any atom is -0.255 e. The molecule has 0 bridgehead atoms. The minimum atomic E-state index is 0.493. The second-order valence-corrected chi connectivity index (χ2v) is 4.55. The molecule has 1 heterocycles. The molecule has 0 fully saturated rings. The topological polar surface area (TPSA) is 12.9 Å². The van der Waals surface area contributed by atoms with Crippen LogP contribution >= 0.6 is 11.6 Å². The van der Waals surface area contributed by atoms with Gasteiger partial charge >= 0.3 is 0 Å². The van der Waals surface area contributed by atoms with Crippen LogP contribution in [0.15, 0.2) is 24.4 Å². The van der Waals surface area contributed by atoms with Crippen molar-refractivity contribution < 1.29 is 0 Å². The van der Waals surface area contributed by atoms with Gasteiger partial charge in [-0.1, -0.05) is 31.5 Å². The molecule has 0 unspecified atom stereocenters. The van der Waals surface area contributed by atoms with E-state index in [0.717, 1.165) is 10.5 Å². The highest BCUT2D eigenvalue weighted by Crippen LogP contribution is 2.31. The molecule has 0 amide bonds. The van der Waals surface area contributed by atoms with E-state index < -0.39 is 0 Å². The van der Waals surface area contributed by atoms with E-state index in [1.807, 2.05) is 18.3 Å². The smallest absolute Gasteiger partial charge is 0.0893 e. The highest BCUT2D eigenvalue weighted by atomic mass is 35.5. The minimum absolute atomic E-state index is 0.493. The van der Waals surface area contributed by atoms with E-state index in [-0.39, 0.29) is 0 Å². The van der Waals surface area contributed by atoms with Gasteiger partial charge in [0.1, 0.15) is 0 Å². The summed E-state index contributed by atoms with van der Waals surface area (Å²) >= 11 is 6.14. The van der Waals surface area contributed by atoms with Crippen molar-refractivity contribution >= 4 is 22.5 Å². The maximum absolute atomic E-state index is 6.14. The van der Waals surface area contributed by atoms with E-state index >= 15 is 0 Å². The zero-order chi connectivity index (χ0) is 11.0. The lowest BCUT2D eigenvalue weighted by atomic mass is 9.96. The van der Waals surface area contributed by atoms with Crippen LogP contribution in [0.2, 0.25) is 5.02 Å². The fourth-order valence-corrected chi connectivity index (χ4v) is 2.12. The van der Waals surface area contributed by atoms with Crippen molar-refractivity contribution in [2.75, 3.05) is 0 Å². The summed E-state index contributed by atoms with van der Waals surface area (Å²) in [6.45, 7) is 6.48. The number of benzene rings is 1. The number of halogens is 1. The summed E-state index contributed by atoms with van der Waals surface area (Å²) in [5, 5.41) is 1.94. The maximum Gasteiger partial charge on any atom is 0.0893 e. The molecule has 0 aliphatic heterocycles. The van der Waals surface area contributed by atoms with Crippen LogP contribution in [0.25, 0.3) is 10.9 Å². The third kappa shape index (κ3) is 1.72. The van der Waals surface area contributed by atoms with Gasteiger partial charge < -0.3 is 0 Å². The molecule has 2 aromatic rings. The van der Waals surface area contributed by atoms with Gasteiger partial charge in [0, 0.05) is 11.6 Å². The number of aryl methyl sites for hydroxylation is 1. The molecule has 0 saturated carbocycles. The maximum atomic E-state index is 6.14. The fourth-order valence-electron chi connectivity index (χ4n) is 1.91. The van der Waals surface area contributed by atoms with Crippen molar-refractivity contribution in [1.82, 2.24) is 4.98 Å². The Morgan fingerprint density at radius 2 is 1.93 bits per heavy atom. The Morgan fingerprint density at radius 3 is 2.60 bits per heavy atom. The van der Waals surface area contributed by atoms with Crippen LogP contribution in [0, 0.1) is 6.92 Å². The number of nitrogens with zero attached hydrogens (tertiary/aromatic N) is 1. The van der Waals surface area contributed by atoms with E-state index in [9.17, 15) is 0 Å². The first kappa shape index (κ1) is 10.4. The van der Waals surface area contributed by atoms with Gasteiger partial charge in [0.25, 0.3) is 0 Å². The molecule has 0 aliphatic carbocycles. The molecular weight excluding hydrogens is 206 g/mol. The number of fused-ring (bicyclic) bond motifs is 1.